The summed E-state index contributed by atoms with van der Waals surface area (Å²) in [6.45, 7) is 3.77. The lowest BCUT2D eigenvalue weighted by atomic mass is 10.0. The minimum Gasteiger partial charge on any atom is -0.354 e. The molecule has 2 heterocycles. The van der Waals surface area contributed by atoms with Gasteiger partial charge in [-0.25, -0.2) is 4.98 Å². The molecule has 26 heavy (non-hydrogen) atoms. The molecule has 0 saturated carbocycles. The molecule has 1 aromatic heterocycles. The monoisotopic (exact) mass is 357 g/mol. The van der Waals surface area contributed by atoms with Crippen molar-refractivity contribution >= 4 is 22.8 Å². The number of carbonyl (C=O) groups is 2. The van der Waals surface area contributed by atoms with Gasteiger partial charge in [-0.05, 0) is 38.3 Å². The van der Waals surface area contributed by atoms with Crippen LogP contribution in [0.25, 0.3) is 11.0 Å². The minimum atomic E-state index is -0.0538. The summed E-state index contributed by atoms with van der Waals surface area (Å²) in [6, 6.07) is 7.91. The fraction of sp³-hybridized carbons (Fsp3) is 0.526. The lowest BCUT2D eigenvalue weighted by molar-refractivity contribution is -0.136. The molecule has 1 aliphatic heterocycles. The van der Waals surface area contributed by atoms with Crippen LogP contribution in [0.4, 0.5) is 0 Å². The van der Waals surface area contributed by atoms with E-state index in [0.29, 0.717) is 19.5 Å². The molecule has 3 rings (SSSR count). The van der Waals surface area contributed by atoms with Crippen LogP contribution >= 0.6 is 0 Å². The quantitative estimate of drug-likeness (QED) is 0.812. The SMILES string of the molecule is Cc1nc2ccccc2n1CC(=O)N1CCCCC1CNC(=O)CCN. The second-order valence-electron chi connectivity index (χ2n) is 6.81. The average Bonchev–Trinajstić information content (AvgIpc) is 2.96. The number of nitrogens with two attached hydrogens (primary N) is 1. The average molecular weight is 357 g/mol. The van der Waals surface area contributed by atoms with Crippen molar-refractivity contribution in [2.75, 3.05) is 19.6 Å². The molecule has 7 heteroatoms. The summed E-state index contributed by atoms with van der Waals surface area (Å²) in [4.78, 5) is 31.1. The zero-order valence-electron chi connectivity index (χ0n) is 15.3. The first kappa shape index (κ1) is 18.4. The highest BCUT2D eigenvalue weighted by Crippen LogP contribution is 2.20. The fourth-order valence-corrected chi connectivity index (χ4v) is 3.61. The van der Waals surface area contributed by atoms with Gasteiger partial charge in [0.15, 0.2) is 0 Å². The molecule has 0 bridgehead atoms. The van der Waals surface area contributed by atoms with Gasteiger partial charge in [0.25, 0.3) is 0 Å². The van der Waals surface area contributed by atoms with Gasteiger partial charge in [-0.1, -0.05) is 12.1 Å². The van der Waals surface area contributed by atoms with E-state index in [0.717, 1.165) is 42.7 Å². The van der Waals surface area contributed by atoms with Crippen LogP contribution in [0.3, 0.4) is 0 Å². The molecule has 1 saturated heterocycles. The zero-order chi connectivity index (χ0) is 18.5. The van der Waals surface area contributed by atoms with Gasteiger partial charge in [0.2, 0.25) is 11.8 Å². The number of piperidine rings is 1. The molecule has 0 aliphatic carbocycles. The van der Waals surface area contributed by atoms with E-state index in [1.807, 2.05) is 40.7 Å². The van der Waals surface area contributed by atoms with Crippen molar-refractivity contribution < 1.29 is 9.59 Å². The first-order valence-corrected chi connectivity index (χ1v) is 9.28. The Morgan fingerprint density at radius 1 is 1.31 bits per heavy atom. The van der Waals surface area contributed by atoms with Gasteiger partial charge in [-0.3, -0.25) is 9.59 Å². The predicted molar refractivity (Wildman–Crippen MR) is 101 cm³/mol. The fourth-order valence-electron chi connectivity index (χ4n) is 3.61. The number of para-hydroxylation sites is 2. The van der Waals surface area contributed by atoms with Crippen LogP contribution in [0.2, 0.25) is 0 Å². The smallest absolute Gasteiger partial charge is 0.242 e. The third-order valence-electron chi connectivity index (χ3n) is 4.99. The largest absolute Gasteiger partial charge is 0.354 e. The molecule has 1 unspecified atom stereocenters. The van der Waals surface area contributed by atoms with Gasteiger partial charge < -0.3 is 20.5 Å². The molecular weight excluding hydrogens is 330 g/mol. The zero-order valence-corrected chi connectivity index (χ0v) is 15.3. The summed E-state index contributed by atoms with van der Waals surface area (Å²) in [5.41, 5.74) is 7.29. The van der Waals surface area contributed by atoms with Crippen molar-refractivity contribution in [1.82, 2.24) is 19.8 Å². The molecule has 3 N–H and O–H groups in total. The van der Waals surface area contributed by atoms with Gasteiger partial charge in [0.05, 0.1) is 11.0 Å². The third-order valence-corrected chi connectivity index (χ3v) is 4.99. The number of aromatic nitrogens is 2. The summed E-state index contributed by atoms with van der Waals surface area (Å²) >= 11 is 0. The number of benzene rings is 1. The molecule has 140 valence electrons. The van der Waals surface area contributed by atoms with Crippen LogP contribution in [0.1, 0.15) is 31.5 Å². The van der Waals surface area contributed by atoms with E-state index < -0.39 is 0 Å². The molecule has 1 fully saturated rings. The highest BCUT2D eigenvalue weighted by molar-refractivity contribution is 5.81. The van der Waals surface area contributed by atoms with Crippen LogP contribution in [-0.4, -0.2) is 51.9 Å². The Morgan fingerprint density at radius 2 is 2.12 bits per heavy atom. The van der Waals surface area contributed by atoms with E-state index in [2.05, 4.69) is 10.3 Å². The predicted octanol–water partition coefficient (Wildman–Crippen LogP) is 1.19. The molecule has 0 spiro atoms. The summed E-state index contributed by atoms with van der Waals surface area (Å²) in [5, 5.41) is 2.91. The Bertz CT molecular complexity index is 785. The van der Waals surface area contributed by atoms with E-state index in [1.165, 1.54) is 0 Å². The number of nitrogens with one attached hydrogen (secondary N) is 1. The molecule has 0 radical (unpaired) electrons. The number of aryl methyl sites for hydroxylation is 1. The number of imidazole rings is 1. The molecule has 1 aliphatic rings. The Labute approximate surface area is 153 Å². The number of hydrogen-bond donors (Lipinski definition) is 2. The maximum atomic E-state index is 13.0. The maximum absolute atomic E-state index is 13.0. The number of nitrogens with zero attached hydrogens (tertiary/aromatic N) is 3. The first-order valence-electron chi connectivity index (χ1n) is 9.28. The summed E-state index contributed by atoms with van der Waals surface area (Å²) in [5.74, 6) is 0.861. The van der Waals surface area contributed by atoms with Crippen molar-refractivity contribution in [3.8, 4) is 0 Å². The molecule has 2 aromatic rings. The number of hydrogen-bond acceptors (Lipinski definition) is 4. The Hall–Kier alpha value is -2.41. The normalized spacial score (nSPS) is 17.5. The van der Waals surface area contributed by atoms with E-state index in [4.69, 9.17) is 5.73 Å². The third kappa shape index (κ3) is 4.04. The Kier molecular flexibility index (Phi) is 5.88. The number of rotatable bonds is 6. The van der Waals surface area contributed by atoms with Gasteiger partial charge in [0, 0.05) is 32.1 Å². The summed E-state index contributed by atoms with van der Waals surface area (Å²) in [7, 11) is 0. The highest BCUT2D eigenvalue weighted by Gasteiger charge is 2.27. The van der Waals surface area contributed by atoms with Crippen molar-refractivity contribution in [3.05, 3.63) is 30.1 Å². The summed E-state index contributed by atoms with van der Waals surface area (Å²) < 4.78 is 1.97. The maximum Gasteiger partial charge on any atom is 0.242 e. The second-order valence-corrected chi connectivity index (χ2v) is 6.81. The van der Waals surface area contributed by atoms with Crippen molar-refractivity contribution in [2.45, 2.75) is 45.2 Å². The molecular formula is C19H27N5O2. The van der Waals surface area contributed by atoms with Gasteiger partial charge in [-0.15, -0.1) is 0 Å². The summed E-state index contributed by atoms with van der Waals surface area (Å²) in [6.07, 6.45) is 3.32. The van der Waals surface area contributed by atoms with Crippen molar-refractivity contribution in [3.63, 3.8) is 0 Å². The van der Waals surface area contributed by atoms with Gasteiger partial charge in [0.1, 0.15) is 12.4 Å². The van der Waals surface area contributed by atoms with Crippen LogP contribution in [-0.2, 0) is 16.1 Å². The van der Waals surface area contributed by atoms with Gasteiger partial charge in [-0.2, -0.15) is 0 Å². The van der Waals surface area contributed by atoms with Crippen LogP contribution in [0.15, 0.2) is 24.3 Å². The number of amides is 2. The molecule has 1 aromatic carbocycles. The Morgan fingerprint density at radius 3 is 2.92 bits per heavy atom. The number of likely N-dealkylation sites (tertiary alicyclic amines) is 1. The van der Waals surface area contributed by atoms with E-state index in [-0.39, 0.29) is 24.4 Å². The standard InChI is InChI=1S/C19H27N5O2/c1-14-22-16-7-2-3-8-17(16)24(14)13-19(26)23-11-5-4-6-15(23)12-21-18(25)9-10-20/h2-3,7-8,15H,4-6,9-13,20H2,1H3,(H,21,25). The van der Waals surface area contributed by atoms with Crippen LogP contribution < -0.4 is 11.1 Å². The molecule has 1 atom stereocenters. The molecule has 7 nitrogen and oxygen atoms in total. The van der Waals surface area contributed by atoms with Crippen molar-refractivity contribution in [1.29, 1.82) is 0 Å². The lowest BCUT2D eigenvalue weighted by Crippen LogP contribution is -2.50. The van der Waals surface area contributed by atoms with E-state index >= 15 is 0 Å². The number of carbonyl (C=O) groups excluding carboxylic acids is 2. The van der Waals surface area contributed by atoms with Gasteiger partial charge >= 0.3 is 0 Å². The molecule has 2 amide bonds. The van der Waals surface area contributed by atoms with Crippen LogP contribution in [0, 0.1) is 6.92 Å². The topological polar surface area (TPSA) is 93.2 Å². The van der Waals surface area contributed by atoms with E-state index in [1.54, 1.807) is 0 Å². The Balaban J connectivity index is 1.70. The number of fused-ring (bicyclic) bond motifs is 1. The van der Waals surface area contributed by atoms with Crippen LogP contribution in [0.5, 0.6) is 0 Å². The lowest BCUT2D eigenvalue weighted by Gasteiger charge is -2.36. The van der Waals surface area contributed by atoms with E-state index in [9.17, 15) is 9.59 Å². The van der Waals surface area contributed by atoms with Crippen molar-refractivity contribution in [2.24, 2.45) is 5.73 Å². The minimum absolute atomic E-state index is 0.0491. The highest BCUT2D eigenvalue weighted by atomic mass is 16.2. The first-order chi connectivity index (χ1) is 12.6. The second kappa shape index (κ2) is 8.31.